The van der Waals surface area contributed by atoms with Gasteiger partial charge in [0.05, 0.1) is 18.2 Å². The van der Waals surface area contributed by atoms with Crippen molar-refractivity contribution >= 4 is 11.6 Å². The number of halogens is 2. The van der Waals surface area contributed by atoms with E-state index in [0.29, 0.717) is 19.0 Å². The standard InChI is InChI=1S/C16H14ClFN4O/c1-2-23-16-13(12-3-4-15(18)14(17)6-12)5-11(7-20-16)8-22-10-19-9-21-22/h3-7,9-10H,2,8H2,1H3. The van der Waals surface area contributed by atoms with Crippen LogP contribution in [0, 0.1) is 5.82 Å². The summed E-state index contributed by atoms with van der Waals surface area (Å²) < 4.78 is 20.7. The molecule has 3 aromatic rings. The molecule has 118 valence electrons. The van der Waals surface area contributed by atoms with Gasteiger partial charge in [0, 0.05) is 11.8 Å². The van der Waals surface area contributed by atoms with E-state index >= 15 is 0 Å². The fraction of sp³-hybridized carbons (Fsp3) is 0.188. The van der Waals surface area contributed by atoms with Gasteiger partial charge in [0.2, 0.25) is 5.88 Å². The van der Waals surface area contributed by atoms with Crippen LogP contribution in [0.2, 0.25) is 5.02 Å². The van der Waals surface area contributed by atoms with E-state index < -0.39 is 5.82 Å². The van der Waals surface area contributed by atoms with Crippen LogP contribution in [0.25, 0.3) is 11.1 Å². The third-order valence-electron chi connectivity index (χ3n) is 3.23. The largest absolute Gasteiger partial charge is 0.478 e. The zero-order chi connectivity index (χ0) is 16.2. The van der Waals surface area contributed by atoms with Crippen LogP contribution in [0.5, 0.6) is 5.88 Å². The predicted octanol–water partition coefficient (Wildman–Crippen LogP) is 3.58. The number of hydrogen-bond donors (Lipinski definition) is 0. The summed E-state index contributed by atoms with van der Waals surface area (Å²) in [7, 11) is 0. The van der Waals surface area contributed by atoms with Crippen LogP contribution in [0.1, 0.15) is 12.5 Å². The molecule has 0 aliphatic carbocycles. The lowest BCUT2D eigenvalue weighted by Gasteiger charge is -2.12. The topological polar surface area (TPSA) is 52.8 Å². The fourth-order valence-corrected chi connectivity index (χ4v) is 2.39. The van der Waals surface area contributed by atoms with Crippen molar-refractivity contribution in [3.63, 3.8) is 0 Å². The van der Waals surface area contributed by atoms with Crippen LogP contribution in [-0.2, 0) is 6.54 Å². The van der Waals surface area contributed by atoms with E-state index in [2.05, 4.69) is 15.1 Å². The van der Waals surface area contributed by atoms with Crippen molar-refractivity contribution in [1.82, 2.24) is 19.7 Å². The Labute approximate surface area is 137 Å². The normalized spacial score (nSPS) is 10.7. The highest BCUT2D eigenvalue weighted by Gasteiger charge is 2.12. The van der Waals surface area contributed by atoms with E-state index in [-0.39, 0.29) is 5.02 Å². The van der Waals surface area contributed by atoms with Crippen LogP contribution < -0.4 is 4.74 Å². The van der Waals surface area contributed by atoms with Gasteiger partial charge in [-0.05, 0) is 36.2 Å². The summed E-state index contributed by atoms with van der Waals surface area (Å²) in [6, 6.07) is 6.48. The highest BCUT2D eigenvalue weighted by molar-refractivity contribution is 6.31. The van der Waals surface area contributed by atoms with Crippen LogP contribution in [0.4, 0.5) is 4.39 Å². The van der Waals surface area contributed by atoms with Gasteiger partial charge in [0.15, 0.2) is 0 Å². The lowest BCUT2D eigenvalue weighted by atomic mass is 10.1. The van der Waals surface area contributed by atoms with Gasteiger partial charge in [0.1, 0.15) is 18.5 Å². The van der Waals surface area contributed by atoms with Crippen molar-refractivity contribution in [2.75, 3.05) is 6.61 Å². The molecule has 0 aliphatic heterocycles. The summed E-state index contributed by atoms with van der Waals surface area (Å²) in [5, 5.41) is 4.14. The fourth-order valence-electron chi connectivity index (χ4n) is 2.21. The molecule has 1 aromatic carbocycles. The summed E-state index contributed by atoms with van der Waals surface area (Å²) in [5.41, 5.74) is 2.42. The monoisotopic (exact) mass is 332 g/mol. The summed E-state index contributed by atoms with van der Waals surface area (Å²) in [4.78, 5) is 8.27. The van der Waals surface area contributed by atoms with Crippen molar-refractivity contribution in [2.45, 2.75) is 13.5 Å². The summed E-state index contributed by atoms with van der Waals surface area (Å²) in [6.07, 6.45) is 4.83. The minimum Gasteiger partial charge on any atom is -0.478 e. The second kappa shape index (κ2) is 6.75. The van der Waals surface area contributed by atoms with Gasteiger partial charge in [-0.15, -0.1) is 0 Å². The minimum absolute atomic E-state index is 0.0617. The number of nitrogens with zero attached hydrogens (tertiary/aromatic N) is 4. The predicted molar refractivity (Wildman–Crippen MR) is 84.9 cm³/mol. The Morgan fingerprint density at radius 1 is 1.30 bits per heavy atom. The zero-order valence-electron chi connectivity index (χ0n) is 12.4. The second-order valence-electron chi connectivity index (χ2n) is 4.85. The van der Waals surface area contributed by atoms with E-state index in [1.807, 2.05) is 13.0 Å². The molecule has 2 heterocycles. The van der Waals surface area contributed by atoms with Crippen LogP contribution >= 0.6 is 11.6 Å². The van der Waals surface area contributed by atoms with Gasteiger partial charge in [-0.1, -0.05) is 17.7 Å². The molecule has 0 atom stereocenters. The first-order valence-electron chi connectivity index (χ1n) is 7.07. The molecule has 5 nitrogen and oxygen atoms in total. The van der Waals surface area contributed by atoms with Gasteiger partial charge in [-0.2, -0.15) is 5.10 Å². The Balaban J connectivity index is 2.02. The molecular formula is C16H14ClFN4O. The number of aromatic nitrogens is 4. The Hall–Kier alpha value is -2.47. The van der Waals surface area contributed by atoms with Gasteiger partial charge in [0.25, 0.3) is 0 Å². The Morgan fingerprint density at radius 2 is 2.17 bits per heavy atom. The average molecular weight is 333 g/mol. The molecule has 0 saturated heterocycles. The maximum absolute atomic E-state index is 13.4. The van der Waals surface area contributed by atoms with E-state index in [4.69, 9.17) is 16.3 Å². The molecule has 0 spiro atoms. The second-order valence-corrected chi connectivity index (χ2v) is 5.26. The molecule has 2 aromatic heterocycles. The smallest absolute Gasteiger partial charge is 0.221 e. The van der Waals surface area contributed by atoms with Crippen molar-refractivity contribution in [3.05, 3.63) is 59.5 Å². The molecule has 0 fully saturated rings. The number of benzene rings is 1. The van der Waals surface area contributed by atoms with E-state index in [0.717, 1.165) is 16.7 Å². The maximum atomic E-state index is 13.4. The van der Waals surface area contributed by atoms with Crippen molar-refractivity contribution < 1.29 is 9.13 Å². The molecular weight excluding hydrogens is 319 g/mol. The molecule has 0 amide bonds. The van der Waals surface area contributed by atoms with E-state index in [9.17, 15) is 4.39 Å². The van der Waals surface area contributed by atoms with Crippen LogP contribution in [0.15, 0.2) is 43.1 Å². The number of ether oxygens (including phenoxy) is 1. The molecule has 23 heavy (non-hydrogen) atoms. The zero-order valence-corrected chi connectivity index (χ0v) is 13.2. The summed E-state index contributed by atoms with van der Waals surface area (Å²) in [5.74, 6) is 0.0256. The minimum atomic E-state index is -0.458. The van der Waals surface area contributed by atoms with Gasteiger partial charge in [-0.25, -0.2) is 19.0 Å². The molecule has 7 heteroatoms. The molecule has 0 saturated carbocycles. The van der Waals surface area contributed by atoms with Gasteiger partial charge in [-0.3, -0.25) is 0 Å². The van der Waals surface area contributed by atoms with Gasteiger partial charge < -0.3 is 4.74 Å². The van der Waals surface area contributed by atoms with Gasteiger partial charge >= 0.3 is 0 Å². The maximum Gasteiger partial charge on any atom is 0.221 e. The van der Waals surface area contributed by atoms with Crippen molar-refractivity contribution in [2.24, 2.45) is 0 Å². The highest BCUT2D eigenvalue weighted by atomic mass is 35.5. The third-order valence-corrected chi connectivity index (χ3v) is 3.52. The van der Waals surface area contributed by atoms with Crippen LogP contribution in [0.3, 0.4) is 0 Å². The summed E-state index contributed by atoms with van der Waals surface area (Å²) >= 11 is 5.89. The molecule has 0 bridgehead atoms. The first-order valence-corrected chi connectivity index (χ1v) is 7.44. The van der Waals surface area contributed by atoms with Crippen molar-refractivity contribution in [3.8, 4) is 17.0 Å². The lowest BCUT2D eigenvalue weighted by molar-refractivity contribution is 0.328. The first kappa shape index (κ1) is 15.4. The lowest BCUT2D eigenvalue weighted by Crippen LogP contribution is -2.03. The van der Waals surface area contributed by atoms with E-state index in [1.54, 1.807) is 29.3 Å². The Morgan fingerprint density at radius 3 is 2.87 bits per heavy atom. The first-order chi connectivity index (χ1) is 11.2. The summed E-state index contributed by atoms with van der Waals surface area (Å²) in [6.45, 7) is 2.89. The van der Waals surface area contributed by atoms with Crippen LogP contribution in [-0.4, -0.2) is 26.4 Å². The molecule has 0 radical (unpaired) electrons. The average Bonchev–Trinajstić information content (AvgIpc) is 3.05. The molecule has 0 aliphatic rings. The van der Waals surface area contributed by atoms with E-state index in [1.165, 1.54) is 12.4 Å². The quantitative estimate of drug-likeness (QED) is 0.716. The number of rotatable bonds is 5. The Kier molecular flexibility index (Phi) is 4.52. The molecule has 0 N–H and O–H groups in total. The SMILES string of the molecule is CCOc1ncc(Cn2cncn2)cc1-c1ccc(F)c(Cl)c1. The number of pyridine rings is 1. The highest BCUT2D eigenvalue weighted by Crippen LogP contribution is 2.31. The van der Waals surface area contributed by atoms with Crippen molar-refractivity contribution in [1.29, 1.82) is 0 Å². The Bertz CT molecular complexity index is 808. The molecule has 3 rings (SSSR count). The molecule has 0 unspecified atom stereocenters. The number of hydrogen-bond acceptors (Lipinski definition) is 4. The third kappa shape index (κ3) is 3.48.